The van der Waals surface area contributed by atoms with Gasteiger partial charge in [-0.3, -0.25) is 0 Å². The lowest BCUT2D eigenvalue weighted by Crippen LogP contribution is -2.42. The SMILES string of the molecule is CCC(C)(C)n1c(=NN=NC2C=CC=C2)n(C(C)(C)CC)c2cc3c(cc21)n(C(C)(C)CC)c(=NN=NC1C=CC=C1)n3C(C)(C)CC. The summed E-state index contributed by atoms with van der Waals surface area (Å²) in [5, 5.41) is 27.8. The Hall–Kier alpha value is -4.08. The molecule has 0 aliphatic heterocycles. The normalized spacial score (nSPS) is 16.4. The lowest BCUT2D eigenvalue weighted by atomic mass is 10.00. The molecule has 0 spiro atoms. The van der Waals surface area contributed by atoms with Crippen LogP contribution < -0.4 is 11.2 Å². The molecule has 10 nitrogen and oxygen atoms in total. The number of benzene rings is 1. The first-order chi connectivity index (χ1) is 22.6. The smallest absolute Gasteiger partial charge is 0.233 e. The number of imidazole rings is 2. The quantitative estimate of drug-likeness (QED) is 0.138. The minimum Gasteiger partial charge on any atom is -0.303 e. The van der Waals surface area contributed by atoms with Gasteiger partial charge in [0.2, 0.25) is 11.2 Å². The summed E-state index contributed by atoms with van der Waals surface area (Å²) in [6.07, 6.45) is 19.7. The van der Waals surface area contributed by atoms with Gasteiger partial charge in [-0.2, -0.15) is 10.2 Å². The first kappa shape index (κ1) is 35.2. The van der Waals surface area contributed by atoms with Gasteiger partial charge in [-0.15, -0.1) is 0 Å². The number of nitrogens with zero attached hydrogens (tertiary/aromatic N) is 10. The van der Waals surface area contributed by atoms with E-state index < -0.39 is 0 Å². The second kappa shape index (κ2) is 13.1. The van der Waals surface area contributed by atoms with Gasteiger partial charge in [0.1, 0.15) is 12.1 Å². The predicted octanol–water partition coefficient (Wildman–Crippen LogP) is 9.30. The lowest BCUT2D eigenvalue weighted by Gasteiger charge is -2.29. The molecular formula is C38H56N10. The number of fused-ring (bicyclic) bond motifs is 2. The van der Waals surface area contributed by atoms with Gasteiger partial charge in [0.05, 0.1) is 22.1 Å². The number of aromatic nitrogens is 4. The molecule has 0 saturated heterocycles. The van der Waals surface area contributed by atoms with Crippen molar-refractivity contribution in [2.45, 2.75) is 143 Å². The average Bonchev–Trinajstić information content (AvgIpc) is 3.85. The van der Waals surface area contributed by atoms with E-state index in [-0.39, 0.29) is 34.2 Å². The van der Waals surface area contributed by atoms with E-state index in [0.29, 0.717) is 0 Å². The molecule has 0 N–H and O–H groups in total. The highest BCUT2D eigenvalue weighted by Crippen LogP contribution is 2.36. The van der Waals surface area contributed by atoms with E-state index in [2.05, 4.69) is 134 Å². The molecule has 0 radical (unpaired) electrons. The molecule has 48 heavy (non-hydrogen) atoms. The second-order valence-electron chi connectivity index (χ2n) is 15.6. The first-order valence-electron chi connectivity index (χ1n) is 17.7. The Kier molecular flexibility index (Phi) is 9.60. The van der Waals surface area contributed by atoms with E-state index in [1.165, 1.54) is 0 Å². The average molecular weight is 653 g/mol. The molecule has 2 heterocycles. The van der Waals surface area contributed by atoms with Gasteiger partial charge >= 0.3 is 0 Å². The third-order valence-corrected chi connectivity index (χ3v) is 10.8. The highest BCUT2D eigenvalue weighted by Gasteiger charge is 2.34. The zero-order valence-electron chi connectivity index (χ0n) is 31.2. The van der Waals surface area contributed by atoms with E-state index >= 15 is 0 Å². The van der Waals surface area contributed by atoms with Crippen LogP contribution >= 0.6 is 0 Å². The molecule has 2 aromatic heterocycles. The lowest BCUT2D eigenvalue weighted by molar-refractivity contribution is 0.294. The Labute approximate surface area is 285 Å². The van der Waals surface area contributed by atoms with Gasteiger partial charge < -0.3 is 18.3 Å². The van der Waals surface area contributed by atoms with Gasteiger partial charge in [0.25, 0.3) is 0 Å². The zero-order valence-corrected chi connectivity index (χ0v) is 31.2. The van der Waals surface area contributed by atoms with Crippen molar-refractivity contribution in [2.24, 2.45) is 30.9 Å². The van der Waals surface area contributed by atoms with Crippen LogP contribution in [-0.2, 0) is 22.2 Å². The number of hydrogen-bond donors (Lipinski definition) is 0. The van der Waals surface area contributed by atoms with Crippen LogP contribution in [0.15, 0.2) is 91.6 Å². The van der Waals surface area contributed by atoms with Crippen molar-refractivity contribution in [3.8, 4) is 0 Å². The molecule has 2 aliphatic carbocycles. The van der Waals surface area contributed by atoms with Gasteiger partial charge in [-0.1, -0.05) is 86.5 Å². The van der Waals surface area contributed by atoms with Crippen LogP contribution in [0, 0.1) is 0 Å². The van der Waals surface area contributed by atoms with Crippen molar-refractivity contribution < 1.29 is 0 Å². The van der Waals surface area contributed by atoms with Gasteiger partial charge in [-0.05, 0) is 104 Å². The topological polar surface area (TPSA) is 93.9 Å². The molecule has 2 aliphatic rings. The van der Waals surface area contributed by atoms with E-state index in [4.69, 9.17) is 10.2 Å². The third kappa shape index (κ3) is 6.26. The maximum Gasteiger partial charge on any atom is 0.233 e. The van der Waals surface area contributed by atoms with E-state index in [1.54, 1.807) is 0 Å². The summed E-state index contributed by atoms with van der Waals surface area (Å²) in [6.45, 7) is 27.2. The molecule has 0 bridgehead atoms. The first-order valence-corrected chi connectivity index (χ1v) is 17.7. The largest absolute Gasteiger partial charge is 0.303 e. The molecule has 258 valence electrons. The summed E-state index contributed by atoms with van der Waals surface area (Å²) in [5.74, 6) is 0. The highest BCUT2D eigenvalue weighted by atomic mass is 15.4. The van der Waals surface area contributed by atoms with Crippen LogP contribution in [0.4, 0.5) is 0 Å². The number of allylic oxidation sites excluding steroid dienone is 4. The fourth-order valence-corrected chi connectivity index (χ4v) is 6.35. The Bertz CT molecular complexity index is 1730. The molecule has 0 unspecified atom stereocenters. The number of rotatable bonds is 12. The molecule has 0 fully saturated rings. The molecule has 1 aromatic carbocycles. The van der Waals surface area contributed by atoms with E-state index in [1.807, 2.05) is 48.6 Å². The molecule has 0 amide bonds. The molecular weight excluding hydrogens is 596 g/mol. The number of hydrogen-bond acceptors (Lipinski definition) is 4. The van der Waals surface area contributed by atoms with Crippen LogP contribution in [0.25, 0.3) is 22.1 Å². The summed E-state index contributed by atoms with van der Waals surface area (Å²) in [4.78, 5) is 0. The van der Waals surface area contributed by atoms with Crippen LogP contribution in [0.2, 0.25) is 0 Å². The summed E-state index contributed by atoms with van der Waals surface area (Å²) in [5.41, 5.74) is 4.96. The summed E-state index contributed by atoms with van der Waals surface area (Å²) in [7, 11) is 0. The maximum absolute atomic E-state index is 4.93. The van der Waals surface area contributed by atoms with E-state index in [0.717, 1.165) is 59.0 Å². The third-order valence-electron chi connectivity index (χ3n) is 10.8. The molecule has 0 atom stereocenters. The standard InChI is InChI=1S/C38H56N10/c1-13-35(5,6)45-29-25-31-32(26-30(29)46(36(7,8)14-2)33(45)41-43-39-27-21-17-18-22-27)48(38(11,12)16-4)34(47(31)37(9,10)15-3)42-44-40-28-23-19-20-24-28/h17-28H,13-16H2,1-12H3. The molecule has 10 heteroatoms. The summed E-state index contributed by atoms with van der Waals surface area (Å²) < 4.78 is 9.50. The van der Waals surface area contributed by atoms with Crippen molar-refractivity contribution >= 4 is 22.1 Å². The van der Waals surface area contributed by atoms with Crippen LogP contribution in [0.5, 0.6) is 0 Å². The van der Waals surface area contributed by atoms with Crippen molar-refractivity contribution in [3.63, 3.8) is 0 Å². The summed E-state index contributed by atoms with van der Waals surface area (Å²) in [6, 6.07) is 4.52. The minimum absolute atomic E-state index is 0.0903. The van der Waals surface area contributed by atoms with Gasteiger partial charge in [0, 0.05) is 22.2 Å². The Morgan fingerprint density at radius 2 is 0.708 bits per heavy atom. The van der Waals surface area contributed by atoms with Crippen LogP contribution in [-0.4, -0.2) is 30.4 Å². The van der Waals surface area contributed by atoms with E-state index in [9.17, 15) is 0 Å². The Morgan fingerprint density at radius 1 is 0.458 bits per heavy atom. The van der Waals surface area contributed by atoms with Crippen molar-refractivity contribution in [3.05, 3.63) is 72.0 Å². The van der Waals surface area contributed by atoms with Gasteiger partial charge in [0.15, 0.2) is 0 Å². The maximum atomic E-state index is 4.93. The zero-order chi connectivity index (χ0) is 35.1. The van der Waals surface area contributed by atoms with Crippen LogP contribution in [0.1, 0.15) is 109 Å². The summed E-state index contributed by atoms with van der Waals surface area (Å²) >= 11 is 0. The Balaban J connectivity index is 2.00. The second-order valence-corrected chi connectivity index (χ2v) is 15.6. The Morgan fingerprint density at radius 3 is 0.938 bits per heavy atom. The monoisotopic (exact) mass is 652 g/mol. The van der Waals surface area contributed by atoms with Gasteiger partial charge in [-0.25, -0.2) is 0 Å². The fourth-order valence-electron chi connectivity index (χ4n) is 6.35. The van der Waals surface area contributed by atoms with Crippen molar-refractivity contribution in [1.29, 1.82) is 0 Å². The highest BCUT2D eigenvalue weighted by molar-refractivity contribution is 5.93. The minimum atomic E-state index is -0.261. The van der Waals surface area contributed by atoms with Crippen molar-refractivity contribution in [2.75, 3.05) is 0 Å². The molecule has 3 aromatic rings. The van der Waals surface area contributed by atoms with Crippen LogP contribution in [0.3, 0.4) is 0 Å². The fraction of sp³-hybridized carbons (Fsp3) is 0.579. The molecule has 5 rings (SSSR count). The predicted molar refractivity (Wildman–Crippen MR) is 197 cm³/mol. The van der Waals surface area contributed by atoms with Crippen molar-refractivity contribution in [1.82, 2.24) is 18.3 Å². The molecule has 0 saturated carbocycles.